The molecule has 3 heterocycles. The highest BCUT2D eigenvalue weighted by molar-refractivity contribution is 6.38. The molecule has 12 rings (SSSR count). The van der Waals surface area contributed by atoms with Crippen LogP contribution >= 0.6 is 0 Å². The van der Waals surface area contributed by atoms with Crippen molar-refractivity contribution < 1.29 is 0 Å². The molecule has 0 saturated carbocycles. The molecule has 0 bridgehead atoms. The summed E-state index contributed by atoms with van der Waals surface area (Å²) in [4.78, 5) is 15.8. The Hall–Kier alpha value is -7.37. The summed E-state index contributed by atoms with van der Waals surface area (Å²) in [5, 5.41) is 7.48. The molecule has 11 aromatic rings. The van der Waals surface area contributed by atoms with Crippen molar-refractivity contribution in [2.45, 2.75) is 0 Å². The third-order valence-electron chi connectivity index (χ3n) is 11.1. The molecular weight excluding hydrogens is 659 g/mol. The molecule has 0 saturated heterocycles. The van der Waals surface area contributed by atoms with E-state index in [0.717, 1.165) is 39.0 Å². The molecule has 0 fully saturated rings. The van der Waals surface area contributed by atoms with E-state index in [9.17, 15) is 0 Å². The van der Waals surface area contributed by atoms with E-state index in [-0.39, 0.29) is 0 Å². The van der Waals surface area contributed by atoms with Crippen molar-refractivity contribution in [2.75, 3.05) is 0 Å². The fourth-order valence-corrected chi connectivity index (χ4v) is 8.88. The van der Waals surface area contributed by atoms with Gasteiger partial charge in [-0.15, -0.1) is 0 Å². The quantitative estimate of drug-likeness (QED) is 0.181. The predicted molar refractivity (Wildman–Crippen MR) is 221 cm³/mol. The summed E-state index contributed by atoms with van der Waals surface area (Å²) in [5.74, 6) is 1.85. The third kappa shape index (κ3) is 4.01. The van der Waals surface area contributed by atoms with Gasteiger partial charge in [-0.2, -0.15) is 9.97 Å². The standard InChI is InChI=1S/C49H29N5/c1-4-14-30(15-5-1)34-20-10-11-21-37(34)48-50-47(32-16-6-2-7-17-32)51-49(52-48)54-39-25-13-23-36-35-22-12-24-38-43(35)45-40(53(38)33-18-8-3-9-19-33)28-26-31-27-29-41(54)46(42(31)45)44(36)39/h1-29H. The fourth-order valence-electron chi connectivity index (χ4n) is 8.88. The zero-order chi connectivity index (χ0) is 35.3. The minimum absolute atomic E-state index is 0.589. The summed E-state index contributed by atoms with van der Waals surface area (Å²) in [7, 11) is 0. The van der Waals surface area contributed by atoms with Gasteiger partial charge in [0.05, 0.1) is 22.1 Å². The number of benzene rings is 8. The largest absolute Gasteiger partial charge is 0.309 e. The fraction of sp³-hybridized carbons (Fsp3) is 0. The Bertz CT molecular complexity index is 3310. The van der Waals surface area contributed by atoms with E-state index >= 15 is 0 Å². The molecule has 0 unspecified atom stereocenters. The topological polar surface area (TPSA) is 48.5 Å². The number of hydrogen-bond acceptors (Lipinski definition) is 3. The van der Waals surface area contributed by atoms with E-state index in [0.29, 0.717) is 17.6 Å². The predicted octanol–water partition coefficient (Wildman–Crippen LogP) is 12.2. The Labute approximate surface area is 310 Å². The Morgan fingerprint density at radius 1 is 0.296 bits per heavy atom. The number of rotatable bonds is 5. The van der Waals surface area contributed by atoms with Crippen LogP contribution in [0.25, 0.3) is 111 Å². The van der Waals surface area contributed by atoms with E-state index in [2.05, 4.69) is 161 Å². The highest BCUT2D eigenvalue weighted by Gasteiger charge is 2.28. The van der Waals surface area contributed by atoms with Gasteiger partial charge in [-0.05, 0) is 64.0 Å². The van der Waals surface area contributed by atoms with Crippen molar-refractivity contribution in [2.24, 2.45) is 0 Å². The number of hydrogen-bond donors (Lipinski definition) is 0. The van der Waals surface area contributed by atoms with Gasteiger partial charge in [-0.1, -0.05) is 140 Å². The highest BCUT2D eigenvalue weighted by Crippen LogP contribution is 2.51. The first-order valence-electron chi connectivity index (χ1n) is 18.3. The summed E-state index contributed by atoms with van der Waals surface area (Å²) >= 11 is 0. The van der Waals surface area contributed by atoms with Crippen molar-refractivity contribution in [1.29, 1.82) is 0 Å². The normalized spacial score (nSPS) is 12.1. The van der Waals surface area contributed by atoms with Gasteiger partial charge in [0, 0.05) is 43.7 Å². The second-order valence-corrected chi connectivity index (χ2v) is 14.0. The first-order valence-corrected chi connectivity index (χ1v) is 18.3. The van der Waals surface area contributed by atoms with E-state index < -0.39 is 0 Å². The second-order valence-electron chi connectivity index (χ2n) is 14.0. The lowest BCUT2D eigenvalue weighted by atomic mass is 9.98. The summed E-state index contributed by atoms with van der Waals surface area (Å²) in [5.41, 5.74) is 12.2. The van der Waals surface area contributed by atoms with Crippen LogP contribution in [-0.4, -0.2) is 24.1 Å². The van der Waals surface area contributed by atoms with Gasteiger partial charge in [0.15, 0.2) is 11.6 Å². The molecule has 0 aliphatic heterocycles. The molecule has 5 heteroatoms. The van der Waals surface area contributed by atoms with Crippen LogP contribution in [0.5, 0.6) is 0 Å². The minimum Gasteiger partial charge on any atom is -0.309 e. The van der Waals surface area contributed by atoms with Crippen molar-refractivity contribution in [3.8, 4) is 56.7 Å². The summed E-state index contributed by atoms with van der Waals surface area (Å²) in [6.45, 7) is 0. The van der Waals surface area contributed by atoms with Crippen LogP contribution < -0.4 is 0 Å². The molecule has 8 aromatic carbocycles. The molecule has 0 amide bonds. The van der Waals surface area contributed by atoms with Gasteiger partial charge >= 0.3 is 0 Å². The van der Waals surface area contributed by atoms with E-state index in [1.807, 2.05) is 24.3 Å². The van der Waals surface area contributed by atoms with Crippen LogP contribution in [0.3, 0.4) is 0 Å². The van der Waals surface area contributed by atoms with Gasteiger partial charge in [-0.25, -0.2) is 4.98 Å². The van der Waals surface area contributed by atoms with E-state index in [1.165, 1.54) is 54.5 Å². The third-order valence-corrected chi connectivity index (χ3v) is 11.1. The maximum Gasteiger partial charge on any atom is 0.238 e. The molecule has 0 spiro atoms. The number of fused-ring (bicyclic) bond motifs is 1. The molecule has 0 radical (unpaired) electrons. The lowest BCUT2D eigenvalue weighted by molar-refractivity contribution is 0.954. The molecule has 3 aromatic heterocycles. The lowest BCUT2D eigenvalue weighted by Gasteiger charge is -2.14. The minimum atomic E-state index is 0.589. The Balaban J connectivity index is 1.22. The lowest BCUT2D eigenvalue weighted by Crippen LogP contribution is -2.07. The molecule has 5 nitrogen and oxygen atoms in total. The molecule has 0 N–H and O–H groups in total. The van der Waals surface area contributed by atoms with Crippen LogP contribution in [0.15, 0.2) is 176 Å². The average molecular weight is 688 g/mol. The van der Waals surface area contributed by atoms with Crippen molar-refractivity contribution >= 4 is 54.4 Å². The zero-order valence-electron chi connectivity index (χ0n) is 29.0. The van der Waals surface area contributed by atoms with Crippen molar-refractivity contribution in [3.05, 3.63) is 176 Å². The summed E-state index contributed by atoms with van der Waals surface area (Å²) in [6, 6.07) is 62.3. The molecule has 1 aliphatic carbocycles. The number of para-hydroxylation sites is 1. The molecule has 54 heavy (non-hydrogen) atoms. The smallest absolute Gasteiger partial charge is 0.238 e. The molecule has 0 atom stereocenters. The van der Waals surface area contributed by atoms with Gasteiger partial charge in [0.25, 0.3) is 0 Å². The van der Waals surface area contributed by atoms with Gasteiger partial charge in [0.2, 0.25) is 5.95 Å². The summed E-state index contributed by atoms with van der Waals surface area (Å²) in [6.07, 6.45) is 0. The highest BCUT2D eigenvalue weighted by atomic mass is 15.2. The monoisotopic (exact) mass is 687 g/mol. The average Bonchev–Trinajstić information content (AvgIpc) is 3.73. The van der Waals surface area contributed by atoms with Crippen LogP contribution in [0, 0.1) is 0 Å². The second kappa shape index (κ2) is 11.1. The molecule has 1 aliphatic rings. The molecule has 250 valence electrons. The first kappa shape index (κ1) is 29.2. The Morgan fingerprint density at radius 2 is 0.796 bits per heavy atom. The summed E-state index contributed by atoms with van der Waals surface area (Å²) < 4.78 is 4.68. The van der Waals surface area contributed by atoms with Gasteiger partial charge in [-0.3, -0.25) is 4.57 Å². The van der Waals surface area contributed by atoms with E-state index in [4.69, 9.17) is 15.0 Å². The SMILES string of the molecule is c1ccc(-c2nc(-c3ccccc3-c3ccccc3)nc(-n3c4cccc5c4c4c6c(ccc7c6c6c-5cccc6n7-c5ccccc5)ccc43)n2)cc1. The van der Waals surface area contributed by atoms with E-state index in [1.54, 1.807) is 0 Å². The van der Waals surface area contributed by atoms with Crippen LogP contribution in [0.2, 0.25) is 0 Å². The van der Waals surface area contributed by atoms with Crippen LogP contribution in [0.4, 0.5) is 0 Å². The van der Waals surface area contributed by atoms with Crippen molar-refractivity contribution in [3.63, 3.8) is 0 Å². The van der Waals surface area contributed by atoms with Crippen molar-refractivity contribution in [1.82, 2.24) is 24.1 Å². The van der Waals surface area contributed by atoms with Gasteiger partial charge < -0.3 is 4.57 Å². The van der Waals surface area contributed by atoms with Crippen LogP contribution in [0.1, 0.15) is 0 Å². The maximum absolute atomic E-state index is 5.36. The van der Waals surface area contributed by atoms with Crippen LogP contribution in [-0.2, 0) is 0 Å². The number of aromatic nitrogens is 5. The maximum atomic E-state index is 5.36. The Morgan fingerprint density at radius 3 is 1.46 bits per heavy atom. The zero-order valence-corrected chi connectivity index (χ0v) is 29.0. The Kier molecular flexibility index (Phi) is 5.99. The first-order chi connectivity index (χ1) is 26.8. The number of nitrogens with zero attached hydrogens (tertiary/aromatic N) is 5. The van der Waals surface area contributed by atoms with Gasteiger partial charge in [0.1, 0.15) is 0 Å². The molecular formula is C49H29N5.